The second-order valence-electron chi connectivity index (χ2n) is 4.72. The molecule has 2 aromatic rings. The van der Waals surface area contributed by atoms with Crippen molar-refractivity contribution in [1.82, 2.24) is 10.3 Å². The van der Waals surface area contributed by atoms with Crippen molar-refractivity contribution in [3.8, 4) is 0 Å². The van der Waals surface area contributed by atoms with Gasteiger partial charge in [0.25, 0.3) is 11.6 Å². The van der Waals surface area contributed by atoms with Crippen molar-refractivity contribution in [2.45, 2.75) is 13.5 Å². The van der Waals surface area contributed by atoms with Gasteiger partial charge in [-0.15, -0.1) is 0 Å². The molecule has 0 fully saturated rings. The molecule has 0 aliphatic rings. The van der Waals surface area contributed by atoms with E-state index in [1.165, 1.54) is 13.1 Å². The summed E-state index contributed by atoms with van der Waals surface area (Å²) < 4.78 is 0. The predicted molar refractivity (Wildman–Crippen MR) is 82.8 cm³/mol. The van der Waals surface area contributed by atoms with E-state index in [1.807, 2.05) is 6.07 Å². The number of anilines is 1. The van der Waals surface area contributed by atoms with Crippen LogP contribution in [0.4, 0.5) is 11.5 Å². The minimum absolute atomic E-state index is 0.0892. The van der Waals surface area contributed by atoms with Crippen molar-refractivity contribution in [3.63, 3.8) is 0 Å². The molecule has 0 unspecified atom stereocenters. The second kappa shape index (κ2) is 6.66. The Kier molecular flexibility index (Phi) is 4.67. The number of amides is 1. The number of benzene rings is 1. The van der Waals surface area contributed by atoms with E-state index in [1.54, 1.807) is 31.2 Å². The zero-order chi connectivity index (χ0) is 16.1. The summed E-state index contributed by atoms with van der Waals surface area (Å²) in [6, 6.07) is 10.1. The molecule has 0 aliphatic carbocycles. The van der Waals surface area contributed by atoms with Crippen molar-refractivity contribution in [1.29, 1.82) is 0 Å². The summed E-state index contributed by atoms with van der Waals surface area (Å²) >= 11 is 0. The minimum Gasteiger partial charge on any atom is -0.366 e. The number of aryl methyl sites for hydroxylation is 1. The van der Waals surface area contributed by atoms with Gasteiger partial charge in [-0.1, -0.05) is 18.2 Å². The first kappa shape index (κ1) is 15.4. The number of rotatable bonds is 5. The lowest BCUT2D eigenvalue weighted by Gasteiger charge is -2.08. The number of nitrogens with zero attached hydrogens (tertiary/aromatic N) is 2. The van der Waals surface area contributed by atoms with Gasteiger partial charge in [-0.25, -0.2) is 4.98 Å². The number of aromatic nitrogens is 1. The van der Waals surface area contributed by atoms with E-state index >= 15 is 0 Å². The topological polar surface area (TPSA) is 97.2 Å². The molecule has 22 heavy (non-hydrogen) atoms. The third-order valence-electron chi connectivity index (χ3n) is 3.15. The molecule has 2 N–H and O–H groups in total. The van der Waals surface area contributed by atoms with E-state index in [2.05, 4.69) is 15.6 Å². The maximum atomic E-state index is 11.5. The maximum absolute atomic E-state index is 11.5. The van der Waals surface area contributed by atoms with Crippen molar-refractivity contribution >= 4 is 17.4 Å². The second-order valence-corrected chi connectivity index (χ2v) is 4.72. The van der Waals surface area contributed by atoms with E-state index in [4.69, 9.17) is 0 Å². The molecule has 1 aromatic heterocycles. The van der Waals surface area contributed by atoms with Crippen LogP contribution in [0.2, 0.25) is 0 Å². The summed E-state index contributed by atoms with van der Waals surface area (Å²) in [5.74, 6) is 0.263. The number of nitro benzene ring substituents is 1. The molecule has 1 heterocycles. The number of pyridine rings is 1. The van der Waals surface area contributed by atoms with Crippen molar-refractivity contribution < 1.29 is 9.72 Å². The molecule has 0 atom stereocenters. The molecule has 0 saturated carbocycles. The van der Waals surface area contributed by atoms with Crippen LogP contribution in [0.1, 0.15) is 21.6 Å². The first-order valence-corrected chi connectivity index (χ1v) is 6.68. The molecular formula is C15H16N4O3. The SMILES string of the molecule is CNC(=O)c1cccc(NCc2ccc(C)c([N+](=O)[O-])c2)n1. The van der Waals surface area contributed by atoms with Gasteiger partial charge in [-0.3, -0.25) is 14.9 Å². The third kappa shape index (κ3) is 3.57. The van der Waals surface area contributed by atoms with Crippen LogP contribution in [-0.2, 0) is 6.54 Å². The monoisotopic (exact) mass is 300 g/mol. The predicted octanol–water partition coefficient (Wildman–Crippen LogP) is 2.27. The van der Waals surface area contributed by atoms with Crippen LogP contribution in [0.25, 0.3) is 0 Å². The molecule has 0 bridgehead atoms. The summed E-state index contributed by atoms with van der Waals surface area (Å²) in [4.78, 5) is 26.2. The Hall–Kier alpha value is -2.96. The van der Waals surface area contributed by atoms with E-state index in [9.17, 15) is 14.9 Å². The van der Waals surface area contributed by atoms with E-state index in [0.717, 1.165) is 5.56 Å². The third-order valence-corrected chi connectivity index (χ3v) is 3.15. The number of hydrogen-bond acceptors (Lipinski definition) is 5. The molecule has 114 valence electrons. The lowest BCUT2D eigenvalue weighted by Crippen LogP contribution is -2.19. The standard InChI is InChI=1S/C15H16N4O3/c1-10-6-7-11(8-13(10)19(21)22)9-17-14-5-3-4-12(18-14)15(20)16-2/h3-8H,9H2,1-2H3,(H,16,20)(H,17,18). The van der Waals surface area contributed by atoms with Crippen LogP contribution in [-0.4, -0.2) is 22.9 Å². The zero-order valence-electron chi connectivity index (χ0n) is 12.3. The molecule has 2 rings (SSSR count). The van der Waals surface area contributed by atoms with E-state index < -0.39 is 4.92 Å². The molecule has 1 amide bonds. The summed E-state index contributed by atoms with van der Waals surface area (Å²) in [6.07, 6.45) is 0. The van der Waals surface area contributed by atoms with Crippen LogP contribution >= 0.6 is 0 Å². The Balaban J connectivity index is 2.12. The van der Waals surface area contributed by atoms with Crippen molar-refractivity contribution in [3.05, 3.63) is 63.3 Å². The molecular weight excluding hydrogens is 284 g/mol. The molecule has 0 spiro atoms. The first-order chi connectivity index (χ1) is 10.5. The fourth-order valence-corrected chi connectivity index (χ4v) is 1.94. The highest BCUT2D eigenvalue weighted by molar-refractivity contribution is 5.92. The molecule has 0 aliphatic heterocycles. The summed E-state index contributed by atoms with van der Waals surface area (Å²) in [6.45, 7) is 2.08. The minimum atomic E-state index is -0.400. The first-order valence-electron chi connectivity index (χ1n) is 6.68. The quantitative estimate of drug-likeness (QED) is 0.652. The Morgan fingerprint density at radius 2 is 2.09 bits per heavy atom. The van der Waals surface area contributed by atoms with Crippen LogP contribution in [0.5, 0.6) is 0 Å². The summed E-state index contributed by atoms with van der Waals surface area (Å²) in [7, 11) is 1.54. The number of hydrogen-bond donors (Lipinski definition) is 2. The van der Waals surface area contributed by atoms with Gasteiger partial charge in [0.1, 0.15) is 11.5 Å². The Morgan fingerprint density at radius 1 is 1.32 bits per heavy atom. The van der Waals surface area contributed by atoms with Crippen molar-refractivity contribution in [2.75, 3.05) is 12.4 Å². The fourth-order valence-electron chi connectivity index (χ4n) is 1.94. The summed E-state index contributed by atoms with van der Waals surface area (Å²) in [5, 5.41) is 16.5. The largest absolute Gasteiger partial charge is 0.366 e. The van der Waals surface area contributed by atoms with Gasteiger partial charge >= 0.3 is 0 Å². The van der Waals surface area contributed by atoms with E-state index in [0.29, 0.717) is 23.6 Å². The van der Waals surface area contributed by atoms with Gasteiger partial charge in [0.05, 0.1) is 4.92 Å². The van der Waals surface area contributed by atoms with Crippen LogP contribution in [0, 0.1) is 17.0 Å². The average Bonchev–Trinajstić information content (AvgIpc) is 2.53. The Labute approximate surface area is 127 Å². The number of carbonyl (C=O) groups excluding carboxylic acids is 1. The van der Waals surface area contributed by atoms with Crippen LogP contribution in [0.15, 0.2) is 36.4 Å². The molecule has 0 saturated heterocycles. The smallest absolute Gasteiger partial charge is 0.272 e. The molecule has 1 aromatic carbocycles. The van der Waals surface area contributed by atoms with Gasteiger partial charge < -0.3 is 10.6 Å². The van der Waals surface area contributed by atoms with Crippen molar-refractivity contribution in [2.24, 2.45) is 0 Å². The highest BCUT2D eigenvalue weighted by atomic mass is 16.6. The van der Waals surface area contributed by atoms with Gasteiger partial charge in [0.15, 0.2) is 0 Å². The molecule has 0 radical (unpaired) electrons. The lowest BCUT2D eigenvalue weighted by atomic mass is 10.1. The van der Waals surface area contributed by atoms with Gasteiger partial charge in [0.2, 0.25) is 0 Å². The zero-order valence-corrected chi connectivity index (χ0v) is 12.3. The normalized spacial score (nSPS) is 10.1. The lowest BCUT2D eigenvalue weighted by molar-refractivity contribution is -0.385. The van der Waals surface area contributed by atoms with Gasteiger partial charge in [0, 0.05) is 25.2 Å². The Bertz CT molecular complexity index is 716. The highest BCUT2D eigenvalue weighted by Gasteiger charge is 2.11. The van der Waals surface area contributed by atoms with Crippen LogP contribution < -0.4 is 10.6 Å². The highest BCUT2D eigenvalue weighted by Crippen LogP contribution is 2.19. The van der Waals surface area contributed by atoms with Crippen LogP contribution in [0.3, 0.4) is 0 Å². The number of carbonyl (C=O) groups is 1. The summed E-state index contributed by atoms with van der Waals surface area (Å²) in [5.41, 5.74) is 1.78. The average molecular weight is 300 g/mol. The number of nitro groups is 1. The van der Waals surface area contributed by atoms with Gasteiger partial charge in [-0.2, -0.15) is 0 Å². The Morgan fingerprint density at radius 3 is 2.77 bits per heavy atom. The maximum Gasteiger partial charge on any atom is 0.272 e. The number of nitrogens with one attached hydrogen (secondary N) is 2. The molecule has 7 heteroatoms. The van der Waals surface area contributed by atoms with E-state index in [-0.39, 0.29) is 11.6 Å². The van der Waals surface area contributed by atoms with Gasteiger partial charge in [-0.05, 0) is 24.6 Å². The molecule has 7 nitrogen and oxygen atoms in total. The fraction of sp³-hybridized carbons (Fsp3) is 0.200.